The lowest BCUT2D eigenvalue weighted by Gasteiger charge is -2.01. The van der Waals surface area contributed by atoms with Crippen molar-refractivity contribution in [1.29, 1.82) is 0 Å². The van der Waals surface area contributed by atoms with E-state index in [0.29, 0.717) is 5.69 Å². The molecule has 6 nitrogen and oxygen atoms in total. The van der Waals surface area contributed by atoms with Crippen LogP contribution in [-0.4, -0.2) is 31.0 Å². The summed E-state index contributed by atoms with van der Waals surface area (Å²) in [6, 6.07) is 1.58. The zero-order chi connectivity index (χ0) is 10.7. The van der Waals surface area contributed by atoms with Gasteiger partial charge >= 0.3 is 5.97 Å². The van der Waals surface area contributed by atoms with Crippen molar-refractivity contribution in [2.45, 2.75) is 0 Å². The van der Waals surface area contributed by atoms with Gasteiger partial charge in [-0.3, -0.25) is 4.98 Å². The molecule has 0 bridgehead atoms. The van der Waals surface area contributed by atoms with Crippen molar-refractivity contribution in [3.8, 4) is 11.4 Å². The largest absolute Gasteiger partial charge is 0.476 e. The second kappa shape index (κ2) is 3.79. The summed E-state index contributed by atoms with van der Waals surface area (Å²) in [5, 5.41) is 8.88. The van der Waals surface area contributed by atoms with E-state index in [9.17, 15) is 4.79 Å². The maximum Gasteiger partial charge on any atom is 0.356 e. The first-order chi connectivity index (χ1) is 7.29. The van der Waals surface area contributed by atoms with Gasteiger partial charge in [-0.2, -0.15) is 0 Å². The molecule has 0 radical (unpaired) electrons. The molecular formula is C9H6N4O2. The average molecular weight is 202 g/mol. The van der Waals surface area contributed by atoms with Crippen LogP contribution < -0.4 is 0 Å². The van der Waals surface area contributed by atoms with Gasteiger partial charge < -0.3 is 5.11 Å². The molecule has 0 spiro atoms. The Kier molecular flexibility index (Phi) is 2.32. The van der Waals surface area contributed by atoms with Crippen molar-refractivity contribution < 1.29 is 9.90 Å². The minimum atomic E-state index is -1.13. The van der Waals surface area contributed by atoms with Crippen LogP contribution in [0.25, 0.3) is 11.4 Å². The number of rotatable bonds is 2. The van der Waals surface area contributed by atoms with E-state index >= 15 is 0 Å². The normalized spacial score (nSPS) is 9.87. The van der Waals surface area contributed by atoms with Crippen molar-refractivity contribution >= 4 is 5.97 Å². The lowest BCUT2D eigenvalue weighted by molar-refractivity contribution is 0.0691. The van der Waals surface area contributed by atoms with Gasteiger partial charge in [0.15, 0.2) is 5.69 Å². The third-order valence-corrected chi connectivity index (χ3v) is 1.73. The predicted molar refractivity (Wildman–Crippen MR) is 50.0 cm³/mol. The molecule has 0 aliphatic heterocycles. The van der Waals surface area contributed by atoms with E-state index in [1.54, 1.807) is 6.07 Å². The average Bonchev–Trinajstić information content (AvgIpc) is 2.30. The van der Waals surface area contributed by atoms with Crippen LogP contribution in [0, 0.1) is 0 Å². The molecule has 15 heavy (non-hydrogen) atoms. The highest BCUT2D eigenvalue weighted by Crippen LogP contribution is 2.15. The first-order valence-corrected chi connectivity index (χ1v) is 4.09. The zero-order valence-electron chi connectivity index (χ0n) is 7.53. The Balaban J connectivity index is 2.58. The minimum Gasteiger partial charge on any atom is -0.476 e. The molecule has 2 aromatic rings. The molecule has 0 unspecified atom stereocenters. The number of nitrogens with zero attached hydrogens (tertiary/aromatic N) is 4. The van der Waals surface area contributed by atoms with Gasteiger partial charge in [-0.25, -0.2) is 19.7 Å². The van der Waals surface area contributed by atoms with Gasteiger partial charge in [0.25, 0.3) is 0 Å². The fourth-order valence-corrected chi connectivity index (χ4v) is 1.11. The Morgan fingerprint density at radius 3 is 2.60 bits per heavy atom. The molecule has 0 atom stereocenters. The fraction of sp³-hybridized carbons (Fsp3) is 0. The number of carboxylic acids is 1. The number of hydrogen-bond donors (Lipinski definition) is 1. The van der Waals surface area contributed by atoms with Crippen molar-refractivity contribution in [3.63, 3.8) is 0 Å². The molecule has 0 fully saturated rings. The lowest BCUT2D eigenvalue weighted by Crippen LogP contribution is -2.05. The van der Waals surface area contributed by atoms with E-state index in [1.807, 2.05) is 0 Å². The SMILES string of the molecule is O=C(O)c1nccnc1-c1ccncn1. The maximum atomic E-state index is 10.8. The van der Waals surface area contributed by atoms with Crippen LogP contribution in [0.5, 0.6) is 0 Å². The number of carboxylic acid groups (broad SMARTS) is 1. The Hall–Kier alpha value is -2.37. The molecule has 0 aromatic carbocycles. The summed E-state index contributed by atoms with van der Waals surface area (Å²) < 4.78 is 0. The van der Waals surface area contributed by atoms with Gasteiger partial charge in [0.05, 0.1) is 5.69 Å². The van der Waals surface area contributed by atoms with Gasteiger partial charge in [-0.05, 0) is 6.07 Å². The molecule has 2 aromatic heterocycles. The number of hydrogen-bond acceptors (Lipinski definition) is 5. The van der Waals surface area contributed by atoms with Crippen molar-refractivity contribution in [2.24, 2.45) is 0 Å². The fourth-order valence-electron chi connectivity index (χ4n) is 1.11. The maximum absolute atomic E-state index is 10.8. The molecule has 74 valence electrons. The number of aromatic nitrogens is 4. The third-order valence-electron chi connectivity index (χ3n) is 1.73. The Bertz CT molecular complexity index is 486. The topological polar surface area (TPSA) is 88.9 Å². The number of carbonyl (C=O) groups is 1. The van der Waals surface area contributed by atoms with Crippen LogP contribution in [0.1, 0.15) is 10.5 Å². The van der Waals surface area contributed by atoms with Gasteiger partial charge in [0, 0.05) is 18.6 Å². The van der Waals surface area contributed by atoms with Gasteiger partial charge in [0.1, 0.15) is 12.0 Å². The molecule has 6 heteroatoms. The zero-order valence-corrected chi connectivity index (χ0v) is 7.53. The Morgan fingerprint density at radius 1 is 1.13 bits per heavy atom. The van der Waals surface area contributed by atoms with E-state index in [0.717, 1.165) is 0 Å². The van der Waals surface area contributed by atoms with Crippen molar-refractivity contribution in [1.82, 2.24) is 19.9 Å². The van der Waals surface area contributed by atoms with E-state index in [1.165, 1.54) is 24.9 Å². The van der Waals surface area contributed by atoms with E-state index in [4.69, 9.17) is 5.11 Å². The highest BCUT2D eigenvalue weighted by molar-refractivity contribution is 5.91. The van der Waals surface area contributed by atoms with Crippen LogP contribution in [0.15, 0.2) is 31.0 Å². The summed E-state index contributed by atoms with van der Waals surface area (Å²) in [7, 11) is 0. The summed E-state index contributed by atoms with van der Waals surface area (Å²) in [5.74, 6) is -1.13. The second-order valence-electron chi connectivity index (χ2n) is 2.65. The standard InChI is InChI=1S/C9H6N4O2/c14-9(15)8-7(11-3-4-12-8)6-1-2-10-5-13-6/h1-5H,(H,14,15). The third kappa shape index (κ3) is 1.78. The molecule has 2 heterocycles. The molecule has 2 rings (SSSR count). The summed E-state index contributed by atoms with van der Waals surface area (Å²) in [6.45, 7) is 0. The quantitative estimate of drug-likeness (QED) is 0.768. The highest BCUT2D eigenvalue weighted by atomic mass is 16.4. The molecule has 0 aliphatic rings. The molecular weight excluding hydrogens is 196 g/mol. The molecule has 1 N–H and O–H groups in total. The van der Waals surface area contributed by atoms with E-state index in [2.05, 4.69) is 19.9 Å². The van der Waals surface area contributed by atoms with Crippen LogP contribution in [-0.2, 0) is 0 Å². The van der Waals surface area contributed by atoms with Gasteiger partial charge in [-0.15, -0.1) is 0 Å². The van der Waals surface area contributed by atoms with E-state index < -0.39 is 5.97 Å². The monoisotopic (exact) mass is 202 g/mol. The Morgan fingerprint density at radius 2 is 1.93 bits per heavy atom. The molecule has 0 saturated heterocycles. The summed E-state index contributed by atoms with van der Waals surface area (Å²) in [6.07, 6.45) is 5.59. The van der Waals surface area contributed by atoms with Crippen molar-refractivity contribution in [3.05, 3.63) is 36.7 Å². The first kappa shape index (κ1) is 9.20. The summed E-state index contributed by atoms with van der Waals surface area (Å²) in [5.41, 5.74) is 0.569. The van der Waals surface area contributed by atoms with Gasteiger partial charge in [-0.1, -0.05) is 0 Å². The van der Waals surface area contributed by atoms with E-state index in [-0.39, 0.29) is 11.4 Å². The molecule has 0 aliphatic carbocycles. The van der Waals surface area contributed by atoms with Crippen LogP contribution in [0.2, 0.25) is 0 Å². The number of aromatic carboxylic acids is 1. The summed E-state index contributed by atoms with van der Waals surface area (Å²) in [4.78, 5) is 26.2. The van der Waals surface area contributed by atoms with Crippen LogP contribution >= 0.6 is 0 Å². The highest BCUT2D eigenvalue weighted by Gasteiger charge is 2.14. The lowest BCUT2D eigenvalue weighted by atomic mass is 10.2. The summed E-state index contributed by atoms with van der Waals surface area (Å²) >= 11 is 0. The van der Waals surface area contributed by atoms with Crippen molar-refractivity contribution in [2.75, 3.05) is 0 Å². The smallest absolute Gasteiger partial charge is 0.356 e. The van der Waals surface area contributed by atoms with Crippen LogP contribution in [0.3, 0.4) is 0 Å². The Labute approximate surface area is 84.7 Å². The molecule has 0 saturated carbocycles. The second-order valence-corrected chi connectivity index (χ2v) is 2.65. The molecule has 0 amide bonds. The van der Waals surface area contributed by atoms with Crippen LogP contribution in [0.4, 0.5) is 0 Å². The first-order valence-electron chi connectivity index (χ1n) is 4.09. The van der Waals surface area contributed by atoms with Gasteiger partial charge in [0.2, 0.25) is 0 Å². The minimum absolute atomic E-state index is 0.115. The predicted octanol–water partition coefficient (Wildman–Crippen LogP) is 0.632.